The molecule has 3 heteroatoms. The lowest BCUT2D eigenvalue weighted by Crippen LogP contribution is -2.04. The maximum atomic E-state index is 11.1. The van der Waals surface area contributed by atoms with Crippen LogP contribution in [0.5, 0.6) is 0 Å². The summed E-state index contributed by atoms with van der Waals surface area (Å²) in [5.41, 5.74) is 2.04. The fourth-order valence-corrected chi connectivity index (χ4v) is 1.53. The molecule has 0 unspecified atom stereocenters. The molecule has 72 valence electrons. The van der Waals surface area contributed by atoms with Crippen LogP contribution in [-0.4, -0.2) is 18.1 Å². The van der Waals surface area contributed by atoms with E-state index in [2.05, 4.69) is 9.72 Å². The molecule has 0 fully saturated rings. The molecule has 3 nitrogen and oxygen atoms in total. The molecule has 0 saturated carbocycles. The lowest BCUT2D eigenvalue weighted by atomic mass is 10.1. The van der Waals surface area contributed by atoms with Crippen molar-refractivity contribution in [3.05, 3.63) is 36.0 Å². The highest BCUT2D eigenvalue weighted by molar-refractivity contribution is 5.86. The molecule has 14 heavy (non-hydrogen) atoms. The SMILES string of the molecule is COC(=O)Cc1cccc2[nH]ccc12. The maximum Gasteiger partial charge on any atom is 0.310 e. The lowest BCUT2D eigenvalue weighted by molar-refractivity contribution is -0.139. The molecule has 0 spiro atoms. The van der Waals surface area contributed by atoms with Crippen molar-refractivity contribution in [1.82, 2.24) is 4.98 Å². The van der Waals surface area contributed by atoms with Gasteiger partial charge in [-0.2, -0.15) is 0 Å². The van der Waals surface area contributed by atoms with Gasteiger partial charge in [-0.1, -0.05) is 12.1 Å². The van der Waals surface area contributed by atoms with Crippen LogP contribution >= 0.6 is 0 Å². The summed E-state index contributed by atoms with van der Waals surface area (Å²) in [6.07, 6.45) is 2.19. The molecule has 0 radical (unpaired) electrons. The van der Waals surface area contributed by atoms with Crippen molar-refractivity contribution in [2.45, 2.75) is 6.42 Å². The van der Waals surface area contributed by atoms with Crippen LogP contribution in [0.25, 0.3) is 10.9 Å². The van der Waals surface area contributed by atoms with E-state index < -0.39 is 0 Å². The van der Waals surface area contributed by atoms with Gasteiger partial charge in [-0.15, -0.1) is 0 Å². The van der Waals surface area contributed by atoms with Crippen LogP contribution in [0, 0.1) is 0 Å². The zero-order valence-electron chi connectivity index (χ0n) is 7.91. The van der Waals surface area contributed by atoms with Crippen LogP contribution in [0.2, 0.25) is 0 Å². The molecule has 2 aromatic rings. The quantitative estimate of drug-likeness (QED) is 0.733. The summed E-state index contributed by atoms with van der Waals surface area (Å²) in [7, 11) is 1.40. The minimum absolute atomic E-state index is 0.210. The molecule has 1 heterocycles. The van der Waals surface area contributed by atoms with Crippen LogP contribution in [-0.2, 0) is 16.0 Å². The Kier molecular flexibility index (Phi) is 2.23. The molecule has 2 rings (SSSR count). The Morgan fingerprint density at radius 1 is 1.43 bits per heavy atom. The summed E-state index contributed by atoms with van der Waals surface area (Å²) in [6.45, 7) is 0. The summed E-state index contributed by atoms with van der Waals surface area (Å²) in [6, 6.07) is 7.81. The topological polar surface area (TPSA) is 42.1 Å². The molecule has 1 aromatic heterocycles. The average molecular weight is 189 g/mol. The van der Waals surface area contributed by atoms with Crippen molar-refractivity contribution < 1.29 is 9.53 Å². The number of H-pyrrole nitrogens is 1. The van der Waals surface area contributed by atoms with Gasteiger partial charge in [0.15, 0.2) is 0 Å². The normalized spacial score (nSPS) is 10.4. The second kappa shape index (κ2) is 3.54. The van der Waals surface area contributed by atoms with E-state index in [9.17, 15) is 4.79 Å². The van der Waals surface area contributed by atoms with Gasteiger partial charge in [0.1, 0.15) is 0 Å². The summed E-state index contributed by atoms with van der Waals surface area (Å²) in [5.74, 6) is -0.210. The lowest BCUT2D eigenvalue weighted by Gasteiger charge is -2.01. The highest BCUT2D eigenvalue weighted by atomic mass is 16.5. The van der Waals surface area contributed by atoms with Crippen molar-refractivity contribution >= 4 is 16.9 Å². The second-order valence-electron chi connectivity index (χ2n) is 3.11. The number of fused-ring (bicyclic) bond motifs is 1. The van der Waals surface area contributed by atoms with Crippen molar-refractivity contribution in [3.8, 4) is 0 Å². The summed E-state index contributed by atoms with van der Waals surface area (Å²) in [4.78, 5) is 14.2. The van der Waals surface area contributed by atoms with Gasteiger partial charge in [0.25, 0.3) is 0 Å². The first-order valence-electron chi connectivity index (χ1n) is 4.43. The van der Waals surface area contributed by atoms with E-state index in [-0.39, 0.29) is 5.97 Å². The van der Waals surface area contributed by atoms with Crippen LogP contribution in [0.4, 0.5) is 0 Å². The molecule has 1 aromatic carbocycles. The molecule has 0 aliphatic rings. The number of nitrogens with one attached hydrogen (secondary N) is 1. The van der Waals surface area contributed by atoms with Gasteiger partial charge >= 0.3 is 5.97 Å². The number of carbonyl (C=O) groups is 1. The van der Waals surface area contributed by atoms with Gasteiger partial charge in [-0.05, 0) is 17.7 Å². The first-order valence-corrected chi connectivity index (χ1v) is 4.43. The fraction of sp³-hybridized carbons (Fsp3) is 0.182. The molecule has 0 aliphatic carbocycles. The van der Waals surface area contributed by atoms with E-state index in [1.807, 2.05) is 30.5 Å². The predicted molar refractivity (Wildman–Crippen MR) is 54.0 cm³/mol. The smallest absolute Gasteiger partial charge is 0.310 e. The van der Waals surface area contributed by atoms with Crippen molar-refractivity contribution in [2.24, 2.45) is 0 Å². The maximum absolute atomic E-state index is 11.1. The largest absolute Gasteiger partial charge is 0.469 e. The molecule has 0 atom stereocenters. The number of ether oxygens (including phenoxy) is 1. The van der Waals surface area contributed by atoms with Gasteiger partial charge < -0.3 is 9.72 Å². The molecule has 0 aliphatic heterocycles. The average Bonchev–Trinajstić information content (AvgIpc) is 2.66. The van der Waals surface area contributed by atoms with Crippen molar-refractivity contribution in [2.75, 3.05) is 7.11 Å². The number of hydrogen-bond acceptors (Lipinski definition) is 2. The van der Waals surface area contributed by atoms with E-state index >= 15 is 0 Å². The number of methoxy groups -OCH3 is 1. The Balaban J connectivity index is 2.41. The van der Waals surface area contributed by atoms with E-state index in [1.165, 1.54) is 7.11 Å². The molecule has 0 bridgehead atoms. The van der Waals surface area contributed by atoms with Crippen molar-refractivity contribution in [3.63, 3.8) is 0 Å². The van der Waals surface area contributed by atoms with Crippen molar-refractivity contribution in [1.29, 1.82) is 0 Å². The number of carbonyl (C=O) groups excluding carboxylic acids is 1. The van der Waals surface area contributed by atoms with Gasteiger partial charge in [0, 0.05) is 17.1 Å². The third kappa shape index (κ3) is 1.48. The van der Waals surface area contributed by atoms with E-state index in [1.54, 1.807) is 0 Å². The first-order chi connectivity index (χ1) is 6.81. The summed E-state index contributed by atoms with van der Waals surface area (Å²) in [5, 5.41) is 1.08. The third-order valence-corrected chi connectivity index (χ3v) is 2.25. The fourth-order valence-electron chi connectivity index (χ4n) is 1.53. The molecular weight excluding hydrogens is 178 g/mol. The van der Waals surface area contributed by atoms with E-state index in [0.717, 1.165) is 16.5 Å². The highest BCUT2D eigenvalue weighted by Gasteiger charge is 2.06. The van der Waals surface area contributed by atoms with Crippen LogP contribution in [0.3, 0.4) is 0 Å². The van der Waals surface area contributed by atoms with Crippen LogP contribution in [0.1, 0.15) is 5.56 Å². The van der Waals surface area contributed by atoms with Gasteiger partial charge in [-0.25, -0.2) is 0 Å². The molecule has 0 amide bonds. The number of esters is 1. The standard InChI is InChI=1S/C11H11NO2/c1-14-11(13)7-8-3-2-4-10-9(8)5-6-12-10/h2-6,12H,7H2,1H3. The summed E-state index contributed by atoms with van der Waals surface area (Å²) < 4.78 is 4.63. The molecule has 1 N–H and O–H groups in total. The Hall–Kier alpha value is -1.77. The van der Waals surface area contributed by atoms with Gasteiger partial charge in [-0.3, -0.25) is 4.79 Å². The second-order valence-corrected chi connectivity index (χ2v) is 3.11. The first kappa shape index (κ1) is 8.81. The minimum Gasteiger partial charge on any atom is -0.469 e. The Morgan fingerprint density at radius 3 is 3.07 bits per heavy atom. The number of benzene rings is 1. The van der Waals surface area contributed by atoms with Gasteiger partial charge in [0.05, 0.1) is 13.5 Å². The van der Waals surface area contributed by atoms with E-state index in [0.29, 0.717) is 6.42 Å². The molecular formula is C11H11NO2. The monoisotopic (exact) mass is 189 g/mol. The Labute approximate surface area is 81.7 Å². The predicted octanol–water partition coefficient (Wildman–Crippen LogP) is 1.88. The van der Waals surface area contributed by atoms with Crippen LogP contribution in [0.15, 0.2) is 30.5 Å². The van der Waals surface area contributed by atoms with E-state index in [4.69, 9.17) is 0 Å². The minimum atomic E-state index is -0.210. The highest BCUT2D eigenvalue weighted by Crippen LogP contribution is 2.17. The zero-order chi connectivity index (χ0) is 9.97. The van der Waals surface area contributed by atoms with Gasteiger partial charge in [0.2, 0.25) is 0 Å². The number of aromatic nitrogens is 1. The number of hydrogen-bond donors (Lipinski definition) is 1. The Bertz CT molecular complexity index is 459. The third-order valence-electron chi connectivity index (χ3n) is 2.25. The number of rotatable bonds is 2. The van der Waals surface area contributed by atoms with Crippen LogP contribution < -0.4 is 0 Å². The number of aromatic amines is 1. The zero-order valence-corrected chi connectivity index (χ0v) is 7.91. The molecule has 0 saturated heterocycles. The summed E-state index contributed by atoms with van der Waals surface area (Å²) >= 11 is 0. The Morgan fingerprint density at radius 2 is 2.29 bits per heavy atom.